The third-order valence-electron chi connectivity index (χ3n) is 5.04. The lowest BCUT2D eigenvalue weighted by Crippen LogP contribution is -1.98. The summed E-state index contributed by atoms with van der Waals surface area (Å²) < 4.78 is 7.17. The highest BCUT2D eigenvalue weighted by molar-refractivity contribution is 7.22. The Kier molecular flexibility index (Phi) is 6.07. The van der Waals surface area contributed by atoms with E-state index in [4.69, 9.17) is 21.4 Å². The van der Waals surface area contributed by atoms with Crippen molar-refractivity contribution in [3.05, 3.63) is 88.4 Å². The first-order valence-corrected chi connectivity index (χ1v) is 10.9. The van der Waals surface area contributed by atoms with Gasteiger partial charge in [0.2, 0.25) is 0 Å². The Bertz CT molecular complexity index is 1190. The predicted molar refractivity (Wildman–Crippen MR) is 124 cm³/mol. The smallest absolute Gasteiger partial charge is 0.303 e. The summed E-state index contributed by atoms with van der Waals surface area (Å²) in [5.74, 6) is -0.0145. The molecule has 0 aliphatic rings. The van der Waals surface area contributed by atoms with Crippen LogP contribution in [0.1, 0.15) is 23.1 Å². The van der Waals surface area contributed by atoms with Gasteiger partial charge in [0, 0.05) is 21.0 Å². The second-order valence-corrected chi connectivity index (χ2v) is 8.71. The van der Waals surface area contributed by atoms with Gasteiger partial charge in [0.05, 0.1) is 0 Å². The maximum Gasteiger partial charge on any atom is 0.303 e. The van der Waals surface area contributed by atoms with Crippen LogP contribution >= 0.6 is 22.9 Å². The molecule has 1 aromatic heterocycles. The minimum Gasteiger partial charge on any atom is -0.489 e. The number of carboxylic acids is 1. The Morgan fingerprint density at radius 2 is 1.83 bits per heavy atom. The summed E-state index contributed by atoms with van der Waals surface area (Å²) >= 11 is 7.95. The first-order valence-electron chi connectivity index (χ1n) is 9.71. The van der Waals surface area contributed by atoms with E-state index in [0.717, 1.165) is 21.9 Å². The number of rotatable bonds is 7. The van der Waals surface area contributed by atoms with E-state index in [2.05, 4.69) is 37.3 Å². The van der Waals surface area contributed by atoms with Gasteiger partial charge in [0.25, 0.3) is 0 Å². The van der Waals surface area contributed by atoms with Gasteiger partial charge in [-0.05, 0) is 77.4 Å². The molecule has 0 radical (unpaired) electrons. The Morgan fingerprint density at radius 1 is 1.03 bits per heavy atom. The number of benzene rings is 3. The standard InChI is InChI=1S/C25H21ClO3S/c1-16-22-14-20(26)8-11-23(22)30-25(16)19-4-2-3-18(13-19)15-29-21-9-5-17(6-10-21)7-12-24(27)28/h2-6,8-11,13-14H,7,12,15H2,1H3,(H,27,28). The van der Waals surface area contributed by atoms with Crippen LogP contribution in [0.15, 0.2) is 66.7 Å². The van der Waals surface area contributed by atoms with Crippen LogP contribution in [0, 0.1) is 6.92 Å². The van der Waals surface area contributed by atoms with Crippen molar-refractivity contribution in [3.63, 3.8) is 0 Å². The van der Waals surface area contributed by atoms with Crippen molar-refractivity contribution in [3.8, 4) is 16.2 Å². The van der Waals surface area contributed by atoms with Gasteiger partial charge in [-0.15, -0.1) is 11.3 Å². The Labute approximate surface area is 184 Å². The number of hydrogen-bond donors (Lipinski definition) is 1. The lowest BCUT2D eigenvalue weighted by atomic mass is 10.1. The van der Waals surface area contributed by atoms with Crippen LogP contribution in [0.2, 0.25) is 5.02 Å². The van der Waals surface area contributed by atoms with Crippen LogP contribution in [0.4, 0.5) is 0 Å². The second kappa shape index (κ2) is 8.90. The molecule has 3 aromatic carbocycles. The minimum absolute atomic E-state index is 0.135. The molecule has 0 aliphatic heterocycles. The summed E-state index contributed by atoms with van der Waals surface area (Å²) in [6.45, 7) is 2.61. The van der Waals surface area contributed by atoms with Gasteiger partial charge in [0.1, 0.15) is 12.4 Å². The van der Waals surface area contributed by atoms with Crippen LogP contribution in [0.25, 0.3) is 20.5 Å². The van der Waals surface area contributed by atoms with Crippen molar-refractivity contribution in [2.24, 2.45) is 0 Å². The fourth-order valence-electron chi connectivity index (χ4n) is 3.44. The summed E-state index contributed by atoms with van der Waals surface area (Å²) in [5.41, 5.74) is 4.51. The summed E-state index contributed by atoms with van der Waals surface area (Å²) in [6, 6.07) is 22.1. The molecule has 0 aliphatic carbocycles. The lowest BCUT2D eigenvalue weighted by Gasteiger charge is -2.09. The highest BCUT2D eigenvalue weighted by Crippen LogP contribution is 2.39. The van der Waals surface area contributed by atoms with Crippen LogP contribution in [0.3, 0.4) is 0 Å². The molecule has 4 rings (SSSR count). The molecule has 30 heavy (non-hydrogen) atoms. The van der Waals surface area contributed by atoms with E-state index in [0.29, 0.717) is 13.0 Å². The Hall–Kier alpha value is -2.82. The molecule has 1 N–H and O–H groups in total. The molecule has 0 saturated carbocycles. The molecule has 3 nitrogen and oxygen atoms in total. The molecule has 0 atom stereocenters. The quantitative estimate of drug-likeness (QED) is 0.335. The Balaban J connectivity index is 1.48. The minimum atomic E-state index is -0.785. The molecule has 0 spiro atoms. The average Bonchev–Trinajstić information content (AvgIpc) is 3.07. The Morgan fingerprint density at radius 3 is 2.60 bits per heavy atom. The normalized spacial score (nSPS) is 11.0. The molecule has 4 aromatic rings. The van der Waals surface area contributed by atoms with Crippen LogP contribution in [-0.2, 0) is 17.8 Å². The summed E-state index contributed by atoms with van der Waals surface area (Å²) in [6.07, 6.45) is 0.660. The van der Waals surface area contributed by atoms with E-state index < -0.39 is 5.97 Å². The van der Waals surface area contributed by atoms with E-state index in [9.17, 15) is 4.79 Å². The molecule has 0 amide bonds. The molecule has 0 unspecified atom stereocenters. The number of carbonyl (C=O) groups is 1. The van der Waals surface area contributed by atoms with Gasteiger partial charge in [0.15, 0.2) is 0 Å². The van der Waals surface area contributed by atoms with E-state index in [1.807, 2.05) is 36.4 Å². The zero-order chi connectivity index (χ0) is 21.1. The van der Waals surface area contributed by atoms with Crippen molar-refractivity contribution in [2.45, 2.75) is 26.4 Å². The van der Waals surface area contributed by atoms with Crippen molar-refractivity contribution in [1.82, 2.24) is 0 Å². The van der Waals surface area contributed by atoms with Gasteiger partial charge in [-0.1, -0.05) is 41.9 Å². The molecule has 152 valence electrons. The molecular formula is C25H21ClO3S. The van der Waals surface area contributed by atoms with Gasteiger partial charge in [-0.25, -0.2) is 0 Å². The van der Waals surface area contributed by atoms with E-state index >= 15 is 0 Å². The van der Waals surface area contributed by atoms with E-state index in [1.54, 1.807) is 11.3 Å². The number of thiophene rings is 1. The number of carboxylic acid groups (broad SMARTS) is 1. The third kappa shape index (κ3) is 4.66. The number of halogens is 1. The number of aryl methyl sites for hydroxylation is 2. The third-order valence-corrected chi connectivity index (χ3v) is 6.60. The number of aliphatic carboxylic acids is 1. The summed E-state index contributed by atoms with van der Waals surface area (Å²) in [7, 11) is 0. The van der Waals surface area contributed by atoms with E-state index in [-0.39, 0.29) is 6.42 Å². The second-order valence-electron chi connectivity index (χ2n) is 7.22. The zero-order valence-corrected chi connectivity index (χ0v) is 18.1. The monoisotopic (exact) mass is 436 g/mol. The van der Waals surface area contributed by atoms with Gasteiger partial charge < -0.3 is 9.84 Å². The van der Waals surface area contributed by atoms with Crippen molar-refractivity contribution in [1.29, 1.82) is 0 Å². The van der Waals surface area contributed by atoms with Gasteiger partial charge in [-0.3, -0.25) is 4.79 Å². The maximum atomic E-state index is 10.7. The molecule has 1 heterocycles. The fraction of sp³-hybridized carbons (Fsp3) is 0.160. The largest absolute Gasteiger partial charge is 0.489 e. The van der Waals surface area contributed by atoms with Crippen LogP contribution in [0.5, 0.6) is 5.75 Å². The number of fused-ring (bicyclic) bond motifs is 1. The fourth-order valence-corrected chi connectivity index (χ4v) is 4.80. The molecule has 0 fully saturated rings. The van der Waals surface area contributed by atoms with E-state index in [1.165, 1.54) is 26.1 Å². The number of hydrogen-bond acceptors (Lipinski definition) is 3. The predicted octanol–water partition coefficient (Wildman–Crippen LogP) is 7.13. The van der Waals surface area contributed by atoms with Gasteiger partial charge >= 0.3 is 5.97 Å². The molecule has 0 bridgehead atoms. The topological polar surface area (TPSA) is 46.5 Å². The van der Waals surface area contributed by atoms with Crippen molar-refractivity contribution < 1.29 is 14.6 Å². The first kappa shape index (κ1) is 20.5. The zero-order valence-electron chi connectivity index (χ0n) is 16.5. The highest BCUT2D eigenvalue weighted by Gasteiger charge is 2.11. The average molecular weight is 437 g/mol. The maximum absolute atomic E-state index is 10.7. The lowest BCUT2D eigenvalue weighted by molar-refractivity contribution is -0.136. The summed E-state index contributed by atoms with van der Waals surface area (Å²) in [5, 5.41) is 10.7. The van der Waals surface area contributed by atoms with Crippen molar-refractivity contribution >= 4 is 39.0 Å². The SMILES string of the molecule is Cc1c(-c2cccc(COc3ccc(CCC(=O)O)cc3)c2)sc2ccc(Cl)cc12. The van der Waals surface area contributed by atoms with Crippen LogP contribution in [-0.4, -0.2) is 11.1 Å². The van der Waals surface area contributed by atoms with Crippen molar-refractivity contribution in [2.75, 3.05) is 0 Å². The molecule has 0 saturated heterocycles. The molecule has 5 heteroatoms. The van der Waals surface area contributed by atoms with Crippen LogP contribution < -0.4 is 4.74 Å². The molecular weight excluding hydrogens is 416 g/mol. The first-order chi connectivity index (χ1) is 14.5. The highest BCUT2D eigenvalue weighted by atomic mass is 35.5. The van der Waals surface area contributed by atoms with Gasteiger partial charge in [-0.2, -0.15) is 0 Å². The number of ether oxygens (including phenoxy) is 1. The summed E-state index contributed by atoms with van der Waals surface area (Å²) in [4.78, 5) is 11.9.